The van der Waals surface area contributed by atoms with Crippen molar-refractivity contribution in [2.24, 2.45) is 0 Å². The second-order valence-electron chi connectivity index (χ2n) is 7.54. The third-order valence-corrected chi connectivity index (χ3v) is 5.75. The van der Waals surface area contributed by atoms with Crippen molar-refractivity contribution in [3.63, 3.8) is 0 Å². The minimum absolute atomic E-state index is 0. The molecule has 7 nitrogen and oxygen atoms in total. The summed E-state index contributed by atoms with van der Waals surface area (Å²) in [6.45, 7) is 9.76. The van der Waals surface area contributed by atoms with Crippen molar-refractivity contribution in [2.45, 2.75) is 51.3 Å². The molecule has 27 heavy (non-hydrogen) atoms. The normalized spacial score (nSPS) is 29.5. The number of piperazine rings is 1. The van der Waals surface area contributed by atoms with Gasteiger partial charge in [-0.3, -0.25) is 14.5 Å². The van der Waals surface area contributed by atoms with Gasteiger partial charge in [-0.2, -0.15) is 0 Å². The van der Waals surface area contributed by atoms with Crippen LogP contribution in [0.5, 0.6) is 0 Å². The van der Waals surface area contributed by atoms with Gasteiger partial charge >= 0.3 is 0 Å². The highest BCUT2D eigenvalue weighted by Crippen LogP contribution is 2.17. The number of hydrogen-bond acceptors (Lipinski definition) is 5. The zero-order valence-corrected chi connectivity index (χ0v) is 18.0. The molecule has 9 heteroatoms. The lowest BCUT2D eigenvalue weighted by Crippen LogP contribution is -2.60. The van der Waals surface area contributed by atoms with Crippen LogP contribution < -0.4 is 5.32 Å². The number of morpholine rings is 1. The summed E-state index contributed by atoms with van der Waals surface area (Å²) in [5, 5.41) is 3.27. The van der Waals surface area contributed by atoms with Crippen molar-refractivity contribution in [1.82, 2.24) is 20.0 Å². The smallest absolute Gasteiger partial charge is 0.242 e. The number of hydrogen-bond donors (Lipinski definition) is 1. The van der Waals surface area contributed by atoms with Crippen LogP contribution in [0.25, 0.3) is 0 Å². The van der Waals surface area contributed by atoms with Crippen LogP contribution in [0.4, 0.5) is 0 Å². The lowest BCUT2D eigenvalue weighted by atomic mass is 10.0. The fraction of sp³-hybridized carbons (Fsp3) is 0.889. The molecule has 158 valence electrons. The highest BCUT2D eigenvalue weighted by atomic mass is 35.5. The molecule has 3 heterocycles. The zero-order valence-electron chi connectivity index (χ0n) is 16.4. The maximum Gasteiger partial charge on any atom is 0.242 e. The van der Waals surface area contributed by atoms with E-state index in [1.54, 1.807) is 0 Å². The first kappa shape index (κ1) is 24.4. The van der Waals surface area contributed by atoms with Crippen LogP contribution in [0.15, 0.2) is 0 Å². The monoisotopic (exact) mass is 424 g/mol. The fourth-order valence-corrected chi connectivity index (χ4v) is 4.08. The Balaban J connectivity index is 0.00000182. The van der Waals surface area contributed by atoms with Gasteiger partial charge in [0.1, 0.15) is 6.04 Å². The second-order valence-corrected chi connectivity index (χ2v) is 7.54. The Morgan fingerprint density at radius 1 is 1.04 bits per heavy atom. The quantitative estimate of drug-likeness (QED) is 0.723. The first-order valence-corrected chi connectivity index (χ1v) is 9.72. The molecule has 0 aromatic rings. The molecule has 3 saturated heterocycles. The van der Waals surface area contributed by atoms with Crippen molar-refractivity contribution in [1.29, 1.82) is 0 Å². The highest BCUT2D eigenvalue weighted by molar-refractivity contribution is 5.85. The fourth-order valence-electron chi connectivity index (χ4n) is 4.08. The largest absolute Gasteiger partial charge is 0.375 e. The molecule has 0 aromatic carbocycles. The van der Waals surface area contributed by atoms with Crippen LogP contribution in [0.3, 0.4) is 0 Å². The van der Waals surface area contributed by atoms with Gasteiger partial charge in [-0.15, -0.1) is 24.8 Å². The number of piperidine rings is 1. The van der Waals surface area contributed by atoms with Gasteiger partial charge in [0.15, 0.2) is 0 Å². The number of rotatable bonds is 3. The molecule has 1 unspecified atom stereocenters. The van der Waals surface area contributed by atoms with Crippen molar-refractivity contribution < 1.29 is 14.3 Å². The lowest BCUT2D eigenvalue weighted by molar-refractivity contribution is -0.142. The molecule has 3 aliphatic rings. The van der Waals surface area contributed by atoms with Gasteiger partial charge in [-0.25, -0.2) is 0 Å². The van der Waals surface area contributed by atoms with E-state index < -0.39 is 0 Å². The number of likely N-dealkylation sites (tertiary alicyclic amines) is 1. The summed E-state index contributed by atoms with van der Waals surface area (Å²) < 4.78 is 5.58. The summed E-state index contributed by atoms with van der Waals surface area (Å²) in [5.41, 5.74) is 0. The Hall–Kier alpha value is -0.600. The Bertz CT molecular complexity index is 489. The van der Waals surface area contributed by atoms with Gasteiger partial charge in [0.2, 0.25) is 11.8 Å². The molecule has 3 fully saturated rings. The highest BCUT2D eigenvalue weighted by Gasteiger charge is 2.34. The number of amides is 2. The van der Waals surface area contributed by atoms with E-state index in [1.807, 2.05) is 16.7 Å². The Kier molecular flexibility index (Phi) is 10.3. The number of carbonyl (C=O) groups is 2. The molecule has 3 aliphatic heterocycles. The first-order chi connectivity index (χ1) is 12.1. The Morgan fingerprint density at radius 3 is 2.37 bits per heavy atom. The van der Waals surface area contributed by atoms with Crippen molar-refractivity contribution in [2.75, 3.05) is 52.4 Å². The van der Waals surface area contributed by atoms with Gasteiger partial charge < -0.3 is 19.9 Å². The average Bonchev–Trinajstić information content (AvgIpc) is 2.62. The van der Waals surface area contributed by atoms with E-state index in [0.717, 1.165) is 39.0 Å². The summed E-state index contributed by atoms with van der Waals surface area (Å²) in [4.78, 5) is 31.4. The van der Waals surface area contributed by atoms with Gasteiger partial charge in [-0.05, 0) is 33.1 Å². The van der Waals surface area contributed by atoms with E-state index in [-0.39, 0.29) is 48.8 Å². The predicted molar refractivity (Wildman–Crippen MR) is 110 cm³/mol. The number of carbonyl (C=O) groups excluding carboxylic acids is 2. The van der Waals surface area contributed by atoms with Gasteiger partial charge in [-0.1, -0.05) is 0 Å². The van der Waals surface area contributed by atoms with Crippen LogP contribution in [0.1, 0.15) is 33.1 Å². The average molecular weight is 425 g/mol. The molecule has 0 radical (unpaired) electrons. The standard InChI is InChI=1S/C18H32N4O3.2ClH/c1-14-5-3-4-7-22(14)16(23)13-20-8-10-21(11-9-20)18(24)17-15(2)25-12-6-19-17;;/h14-15,17,19H,3-13H2,1-2H3;2*1H/t14?,15-,17+;;/m1../s1. The molecular weight excluding hydrogens is 391 g/mol. The lowest BCUT2D eigenvalue weighted by Gasteiger charge is -2.40. The molecule has 0 spiro atoms. The van der Waals surface area contributed by atoms with Crippen molar-refractivity contribution >= 4 is 36.6 Å². The van der Waals surface area contributed by atoms with Crippen molar-refractivity contribution in [3.8, 4) is 0 Å². The predicted octanol–water partition coefficient (Wildman–Crippen LogP) is 0.752. The molecule has 0 aliphatic carbocycles. The number of halogens is 2. The molecule has 2 amide bonds. The summed E-state index contributed by atoms with van der Waals surface area (Å²) in [5.74, 6) is 0.366. The van der Waals surface area contributed by atoms with Crippen LogP contribution in [-0.2, 0) is 14.3 Å². The summed E-state index contributed by atoms with van der Waals surface area (Å²) >= 11 is 0. The van der Waals surface area contributed by atoms with Gasteiger partial charge in [0.25, 0.3) is 0 Å². The summed E-state index contributed by atoms with van der Waals surface area (Å²) in [6, 6.07) is 0.124. The minimum atomic E-state index is -0.240. The van der Waals surface area contributed by atoms with E-state index in [9.17, 15) is 9.59 Å². The molecule has 1 N–H and O–H groups in total. The van der Waals surface area contributed by atoms with E-state index in [1.165, 1.54) is 6.42 Å². The van der Waals surface area contributed by atoms with E-state index >= 15 is 0 Å². The third kappa shape index (κ3) is 6.19. The number of nitrogens with zero attached hydrogens (tertiary/aromatic N) is 3. The molecule has 3 atom stereocenters. The summed E-state index contributed by atoms with van der Waals surface area (Å²) in [7, 11) is 0. The van der Waals surface area contributed by atoms with E-state index in [4.69, 9.17) is 4.74 Å². The maximum absolute atomic E-state index is 12.7. The minimum Gasteiger partial charge on any atom is -0.375 e. The topological polar surface area (TPSA) is 65.1 Å². The summed E-state index contributed by atoms with van der Waals surface area (Å²) in [6.07, 6.45) is 3.38. The molecule has 0 aromatic heterocycles. The Labute approximate surface area is 174 Å². The van der Waals surface area contributed by atoms with Gasteiger partial charge in [0, 0.05) is 45.3 Å². The SMILES string of the molecule is CC1CCCCN1C(=O)CN1CCN(C(=O)[C@H]2NCCO[C@@H]2C)CC1.Cl.Cl. The van der Waals surface area contributed by atoms with Crippen molar-refractivity contribution in [3.05, 3.63) is 0 Å². The molecule has 0 bridgehead atoms. The molecular formula is C18H34Cl2N4O3. The first-order valence-electron chi connectivity index (χ1n) is 9.72. The van der Waals surface area contributed by atoms with E-state index in [0.29, 0.717) is 32.3 Å². The maximum atomic E-state index is 12.7. The molecule has 3 rings (SSSR count). The van der Waals surface area contributed by atoms with Crippen LogP contribution in [0.2, 0.25) is 0 Å². The third-order valence-electron chi connectivity index (χ3n) is 5.75. The zero-order chi connectivity index (χ0) is 17.8. The van der Waals surface area contributed by atoms with Crippen LogP contribution in [0, 0.1) is 0 Å². The van der Waals surface area contributed by atoms with E-state index in [2.05, 4.69) is 17.1 Å². The Morgan fingerprint density at radius 2 is 1.74 bits per heavy atom. The van der Waals surface area contributed by atoms with Gasteiger partial charge in [0.05, 0.1) is 19.3 Å². The van der Waals surface area contributed by atoms with Crippen LogP contribution >= 0.6 is 24.8 Å². The number of nitrogens with one attached hydrogen (secondary N) is 1. The number of ether oxygens (including phenoxy) is 1. The molecule has 0 saturated carbocycles. The van der Waals surface area contributed by atoms with Crippen LogP contribution in [-0.4, -0.2) is 97.1 Å². The second kappa shape index (κ2) is 11.4.